The van der Waals surface area contributed by atoms with Gasteiger partial charge in [0.25, 0.3) is 0 Å². The standard InChI is InChI=1S/C42H76O6/c1-6-9-11-13-15-23-29-36-46-39(43)33-27-21-17-19-25-31-38(48-41(45)42(4,5)35-8-3)32-26-20-18-22-28-34-40(44)47-37-30-24-16-14-12-10-7-2/h23-24,29-30,38H,6-22,25-28,31-37H2,1-5H3/b29-23-,30-24-. The van der Waals surface area contributed by atoms with E-state index < -0.39 is 5.41 Å². The van der Waals surface area contributed by atoms with E-state index in [9.17, 15) is 14.4 Å². The van der Waals surface area contributed by atoms with Crippen molar-refractivity contribution in [3.8, 4) is 0 Å². The van der Waals surface area contributed by atoms with Gasteiger partial charge < -0.3 is 14.2 Å². The van der Waals surface area contributed by atoms with Crippen molar-refractivity contribution in [1.29, 1.82) is 0 Å². The molecule has 0 N–H and O–H groups in total. The Balaban J connectivity index is 4.19. The number of allylic oxidation sites excluding steroid dienone is 2. The summed E-state index contributed by atoms with van der Waals surface area (Å²) in [7, 11) is 0. The number of rotatable bonds is 34. The summed E-state index contributed by atoms with van der Waals surface area (Å²) in [6.07, 6.45) is 34.9. The molecule has 0 saturated carbocycles. The molecule has 0 fully saturated rings. The molecular weight excluding hydrogens is 600 g/mol. The van der Waals surface area contributed by atoms with Crippen LogP contribution >= 0.6 is 0 Å². The second kappa shape index (κ2) is 33.4. The first-order chi connectivity index (χ1) is 23.3. The van der Waals surface area contributed by atoms with Crippen LogP contribution in [0.15, 0.2) is 24.3 Å². The molecule has 0 amide bonds. The van der Waals surface area contributed by atoms with Gasteiger partial charge in [0.15, 0.2) is 0 Å². The highest BCUT2D eigenvalue weighted by atomic mass is 16.5. The fourth-order valence-electron chi connectivity index (χ4n) is 5.82. The molecule has 0 spiro atoms. The molecule has 280 valence electrons. The van der Waals surface area contributed by atoms with Crippen LogP contribution < -0.4 is 0 Å². The molecule has 0 atom stereocenters. The summed E-state index contributed by atoms with van der Waals surface area (Å²) >= 11 is 0. The molecule has 0 aromatic rings. The van der Waals surface area contributed by atoms with E-state index in [-0.39, 0.29) is 24.0 Å². The van der Waals surface area contributed by atoms with Crippen molar-refractivity contribution < 1.29 is 28.6 Å². The Morgan fingerprint density at radius 3 is 1.38 bits per heavy atom. The average molecular weight is 677 g/mol. The number of carbonyl (C=O) groups excluding carboxylic acids is 3. The monoisotopic (exact) mass is 677 g/mol. The Bertz CT molecular complexity index is 778. The minimum absolute atomic E-state index is 0.0435. The van der Waals surface area contributed by atoms with Crippen molar-refractivity contribution >= 4 is 17.9 Å². The number of carbonyl (C=O) groups is 3. The normalized spacial score (nSPS) is 12.0. The van der Waals surface area contributed by atoms with Crippen LogP contribution in [0.1, 0.15) is 202 Å². The molecule has 0 radical (unpaired) electrons. The van der Waals surface area contributed by atoms with E-state index >= 15 is 0 Å². The Labute approximate surface area is 296 Å². The first kappa shape index (κ1) is 45.9. The molecular formula is C42H76O6. The third-order valence-electron chi connectivity index (χ3n) is 8.98. The quantitative estimate of drug-likeness (QED) is 0.0292. The third-order valence-corrected chi connectivity index (χ3v) is 8.98. The van der Waals surface area contributed by atoms with Gasteiger partial charge in [-0.1, -0.05) is 129 Å². The van der Waals surface area contributed by atoms with Crippen LogP contribution in [0.3, 0.4) is 0 Å². The number of ether oxygens (including phenoxy) is 3. The van der Waals surface area contributed by atoms with Crippen LogP contribution in [-0.4, -0.2) is 37.2 Å². The lowest BCUT2D eigenvalue weighted by Gasteiger charge is -2.26. The van der Waals surface area contributed by atoms with Gasteiger partial charge in [-0.2, -0.15) is 0 Å². The van der Waals surface area contributed by atoms with Crippen LogP contribution in [-0.2, 0) is 28.6 Å². The molecule has 0 bridgehead atoms. The van der Waals surface area contributed by atoms with E-state index in [0.29, 0.717) is 26.1 Å². The van der Waals surface area contributed by atoms with Gasteiger partial charge in [-0.3, -0.25) is 14.4 Å². The number of hydrogen-bond donors (Lipinski definition) is 0. The summed E-state index contributed by atoms with van der Waals surface area (Å²) in [5.41, 5.74) is -0.453. The fraction of sp³-hybridized carbons (Fsp3) is 0.833. The highest BCUT2D eigenvalue weighted by Crippen LogP contribution is 2.27. The molecule has 6 heteroatoms. The van der Waals surface area contributed by atoms with Gasteiger partial charge in [-0.15, -0.1) is 0 Å². The summed E-state index contributed by atoms with van der Waals surface area (Å²) in [4.78, 5) is 37.0. The first-order valence-electron chi connectivity index (χ1n) is 20.1. The van der Waals surface area contributed by atoms with Crippen molar-refractivity contribution in [3.63, 3.8) is 0 Å². The molecule has 0 rings (SSSR count). The summed E-state index contributed by atoms with van der Waals surface area (Å²) in [6, 6.07) is 0. The smallest absolute Gasteiger partial charge is 0.311 e. The van der Waals surface area contributed by atoms with Gasteiger partial charge in [0, 0.05) is 12.8 Å². The van der Waals surface area contributed by atoms with E-state index in [1.165, 1.54) is 51.4 Å². The van der Waals surface area contributed by atoms with Crippen molar-refractivity contribution in [2.24, 2.45) is 5.41 Å². The van der Waals surface area contributed by atoms with E-state index in [1.807, 2.05) is 26.0 Å². The van der Waals surface area contributed by atoms with Crippen LogP contribution in [0.5, 0.6) is 0 Å². The lowest BCUT2D eigenvalue weighted by Crippen LogP contribution is -2.30. The van der Waals surface area contributed by atoms with Crippen LogP contribution in [0.2, 0.25) is 0 Å². The zero-order chi connectivity index (χ0) is 35.6. The van der Waals surface area contributed by atoms with E-state index in [2.05, 4.69) is 32.9 Å². The summed E-state index contributed by atoms with van der Waals surface area (Å²) in [6.45, 7) is 11.3. The second-order valence-electron chi connectivity index (χ2n) is 14.3. The zero-order valence-electron chi connectivity index (χ0n) is 32.1. The van der Waals surface area contributed by atoms with Gasteiger partial charge in [0.05, 0.1) is 5.41 Å². The molecule has 6 nitrogen and oxygen atoms in total. The maximum absolute atomic E-state index is 13.0. The molecule has 48 heavy (non-hydrogen) atoms. The van der Waals surface area contributed by atoms with Gasteiger partial charge in [-0.25, -0.2) is 0 Å². The Morgan fingerprint density at radius 1 is 0.521 bits per heavy atom. The van der Waals surface area contributed by atoms with E-state index in [4.69, 9.17) is 14.2 Å². The van der Waals surface area contributed by atoms with Crippen molar-refractivity contribution in [2.45, 2.75) is 208 Å². The molecule has 0 aromatic heterocycles. The van der Waals surface area contributed by atoms with Gasteiger partial charge in [0.2, 0.25) is 0 Å². The summed E-state index contributed by atoms with van der Waals surface area (Å²) in [5, 5.41) is 0. The molecule has 0 aliphatic carbocycles. The molecule has 0 unspecified atom stereocenters. The Hall–Kier alpha value is -2.11. The minimum Gasteiger partial charge on any atom is -0.462 e. The van der Waals surface area contributed by atoms with Crippen LogP contribution in [0.25, 0.3) is 0 Å². The van der Waals surface area contributed by atoms with Crippen molar-refractivity contribution in [3.05, 3.63) is 24.3 Å². The zero-order valence-corrected chi connectivity index (χ0v) is 32.1. The maximum Gasteiger partial charge on any atom is 0.311 e. The van der Waals surface area contributed by atoms with E-state index in [0.717, 1.165) is 103 Å². The second-order valence-corrected chi connectivity index (χ2v) is 14.3. The number of hydrogen-bond acceptors (Lipinski definition) is 6. The SMILES string of the molecule is CCCCCC/C=C\COC(=O)CCCCCCCC(CCCCCCCC(=O)OC/C=C\CCCCCC)OC(=O)C(C)(C)CCC. The lowest BCUT2D eigenvalue weighted by molar-refractivity contribution is -0.161. The topological polar surface area (TPSA) is 78.9 Å². The predicted molar refractivity (Wildman–Crippen MR) is 201 cm³/mol. The van der Waals surface area contributed by atoms with Crippen molar-refractivity contribution in [1.82, 2.24) is 0 Å². The fourth-order valence-corrected chi connectivity index (χ4v) is 5.82. The largest absolute Gasteiger partial charge is 0.462 e. The highest BCUT2D eigenvalue weighted by Gasteiger charge is 2.30. The Morgan fingerprint density at radius 2 is 0.938 bits per heavy atom. The predicted octanol–water partition coefficient (Wildman–Crippen LogP) is 12.3. The number of unbranched alkanes of at least 4 members (excludes halogenated alkanes) is 16. The molecule has 0 saturated heterocycles. The Kier molecular flexibility index (Phi) is 31.9. The van der Waals surface area contributed by atoms with Crippen LogP contribution in [0, 0.1) is 5.41 Å². The minimum atomic E-state index is -0.453. The van der Waals surface area contributed by atoms with E-state index in [1.54, 1.807) is 0 Å². The first-order valence-corrected chi connectivity index (χ1v) is 20.1. The van der Waals surface area contributed by atoms with Crippen LogP contribution in [0.4, 0.5) is 0 Å². The molecule has 0 heterocycles. The maximum atomic E-state index is 13.0. The van der Waals surface area contributed by atoms with Gasteiger partial charge in [-0.05, 0) is 84.5 Å². The van der Waals surface area contributed by atoms with Gasteiger partial charge >= 0.3 is 17.9 Å². The summed E-state index contributed by atoms with van der Waals surface area (Å²) < 4.78 is 16.7. The number of esters is 3. The lowest BCUT2D eigenvalue weighted by atomic mass is 9.88. The molecule has 0 aliphatic heterocycles. The summed E-state index contributed by atoms with van der Waals surface area (Å²) in [5.74, 6) is -0.295. The highest BCUT2D eigenvalue weighted by molar-refractivity contribution is 5.76. The molecule has 0 aliphatic rings. The van der Waals surface area contributed by atoms with Crippen molar-refractivity contribution in [2.75, 3.05) is 13.2 Å². The third kappa shape index (κ3) is 30.0. The molecule has 0 aromatic carbocycles. The van der Waals surface area contributed by atoms with Gasteiger partial charge in [0.1, 0.15) is 19.3 Å². The average Bonchev–Trinajstić information content (AvgIpc) is 3.05.